The number of carbonyl (C=O) groups is 3. The molecule has 0 unspecified atom stereocenters. The minimum atomic E-state index is -0.568. The summed E-state index contributed by atoms with van der Waals surface area (Å²) in [6, 6.07) is 6.66. The van der Waals surface area contributed by atoms with Gasteiger partial charge in [0.25, 0.3) is 11.8 Å². The largest absolute Gasteiger partial charge is 0.466 e. The number of fused-ring (bicyclic) bond motifs is 1. The average molecular weight is 304 g/mol. The first-order valence-electron chi connectivity index (χ1n) is 6.61. The van der Waals surface area contributed by atoms with E-state index in [0.717, 1.165) is 11.0 Å². The fourth-order valence-electron chi connectivity index (χ4n) is 2.04. The van der Waals surface area contributed by atoms with Crippen LogP contribution >= 0.6 is 0 Å². The van der Waals surface area contributed by atoms with Gasteiger partial charge in [0.2, 0.25) is 0 Å². The topological polar surface area (TPSA) is 98.9 Å². The van der Waals surface area contributed by atoms with E-state index in [0.29, 0.717) is 11.1 Å². The molecular formula is C15H16N2O5. The molecule has 22 heavy (non-hydrogen) atoms. The molecule has 0 aromatic heterocycles. The molecule has 0 saturated carbocycles. The van der Waals surface area contributed by atoms with Gasteiger partial charge in [-0.25, -0.2) is 4.79 Å². The molecule has 2 rings (SSSR count). The van der Waals surface area contributed by atoms with Crippen LogP contribution in [0.3, 0.4) is 0 Å². The van der Waals surface area contributed by atoms with Crippen LogP contribution in [0, 0.1) is 0 Å². The maximum atomic E-state index is 12.1. The van der Waals surface area contributed by atoms with Crippen LogP contribution < -0.4 is 5.73 Å². The Hall–Kier alpha value is -2.67. The monoisotopic (exact) mass is 304 g/mol. The molecule has 1 heterocycles. The van der Waals surface area contributed by atoms with Crippen molar-refractivity contribution in [2.45, 2.75) is 0 Å². The predicted octanol–water partition coefficient (Wildman–Crippen LogP) is 0.315. The van der Waals surface area contributed by atoms with Gasteiger partial charge in [0, 0.05) is 11.8 Å². The van der Waals surface area contributed by atoms with Crippen LogP contribution in [-0.4, -0.2) is 49.6 Å². The molecule has 2 amide bonds. The molecule has 0 bridgehead atoms. The Morgan fingerprint density at radius 2 is 1.82 bits per heavy atom. The van der Waals surface area contributed by atoms with Crippen molar-refractivity contribution in [2.24, 2.45) is 5.73 Å². The van der Waals surface area contributed by atoms with E-state index in [1.807, 2.05) is 0 Å². The van der Waals surface area contributed by atoms with Gasteiger partial charge < -0.3 is 15.2 Å². The highest BCUT2D eigenvalue weighted by molar-refractivity contribution is 6.21. The molecule has 0 aliphatic carbocycles. The Bertz CT molecular complexity index is 604. The van der Waals surface area contributed by atoms with Crippen LogP contribution in [0.25, 0.3) is 0 Å². The summed E-state index contributed by atoms with van der Waals surface area (Å²) in [5, 5.41) is 0. The first kappa shape index (κ1) is 15.7. The Labute approximate surface area is 127 Å². The molecule has 1 aromatic rings. The number of hydrogen-bond donors (Lipinski definition) is 1. The van der Waals surface area contributed by atoms with Crippen molar-refractivity contribution >= 4 is 17.8 Å². The van der Waals surface area contributed by atoms with E-state index in [9.17, 15) is 14.4 Å². The van der Waals surface area contributed by atoms with Crippen LogP contribution in [0.1, 0.15) is 20.7 Å². The van der Waals surface area contributed by atoms with Gasteiger partial charge in [-0.05, 0) is 12.1 Å². The molecule has 7 heteroatoms. The number of ether oxygens (including phenoxy) is 2. The number of rotatable bonds is 6. The second-order valence-electron chi connectivity index (χ2n) is 4.60. The molecule has 116 valence electrons. The number of carbonyl (C=O) groups excluding carboxylic acids is 3. The number of imide groups is 1. The van der Waals surface area contributed by atoms with Gasteiger partial charge in [-0.2, -0.15) is 0 Å². The lowest BCUT2D eigenvalue weighted by Crippen LogP contribution is -2.33. The van der Waals surface area contributed by atoms with E-state index < -0.39 is 5.97 Å². The molecule has 1 aromatic carbocycles. The summed E-state index contributed by atoms with van der Waals surface area (Å²) in [7, 11) is 1.25. The van der Waals surface area contributed by atoms with Gasteiger partial charge >= 0.3 is 5.97 Å². The van der Waals surface area contributed by atoms with Gasteiger partial charge in [-0.1, -0.05) is 12.1 Å². The zero-order valence-electron chi connectivity index (χ0n) is 12.1. The highest BCUT2D eigenvalue weighted by Crippen LogP contribution is 2.21. The van der Waals surface area contributed by atoms with E-state index in [4.69, 9.17) is 10.5 Å². The summed E-state index contributed by atoms with van der Waals surface area (Å²) in [6.45, 7) is 0.261. The third-order valence-corrected chi connectivity index (χ3v) is 3.11. The molecule has 1 aliphatic heterocycles. The van der Waals surface area contributed by atoms with E-state index in [1.165, 1.54) is 7.11 Å². The predicted molar refractivity (Wildman–Crippen MR) is 76.9 cm³/mol. The average Bonchev–Trinajstić information content (AvgIpc) is 2.76. The maximum Gasteiger partial charge on any atom is 0.332 e. The summed E-state index contributed by atoms with van der Waals surface area (Å²) in [4.78, 5) is 36.2. The number of nitrogens with two attached hydrogens (primary N) is 1. The lowest BCUT2D eigenvalue weighted by Gasteiger charge is -2.13. The van der Waals surface area contributed by atoms with Crippen molar-refractivity contribution in [3.05, 3.63) is 47.2 Å². The molecule has 0 atom stereocenters. The number of amides is 2. The highest BCUT2D eigenvalue weighted by Gasteiger charge is 2.34. The van der Waals surface area contributed by atoms with Gasteiger partial charge in [0.05, 0.1) is 38.0 Å². The summed E-state index contributed by atoms with van der Waals surface area (Å²) < 4.78 is 9.68. The van der Waals surface area contributed by atoms with Crippen molar-refractivity contribution in [3.63, 3.8) is 0 Å². The van der Waals surface area contributed by atoms with Crippen molar-refractivity contribution in [1.29, 1.82) is 0 Å². The SMILES string of the molecule is COC(=O)/C=C(/N)COCCN1C(=O)c2ccccc2C1=O. The Morgan fingerprint density at radius 3 is 2.36 bits per heavy atom. The van der Waals surface area contributed by atoms with Gasteiger partial charge in [0.1, 0.15) is 0 Å². The smallest absolute Gasteiger partial charge is 0.332 e. The van der Waals surface area contributed by atoms with Crippen LogP contribution in [0.15, 0.2) is 36.0 Å². The summed E-state index contributed by atoms with van der Waals surface area (Å²) in [5.74, 6) is -1.23. The van der Waals surface area contributed by atoms with Crippen LogP contribution in [-0.2, 0) is 14.3 Å². The van der Waals surface area contributed by atoms with E-state index >= 15 is 0 Å². The number of esters is 1. The van der Waals surface area contributed by atoms with Gasteiger partial charge in [-0.3, -0.25) is 14.5 Å². The van der Waals surface area contributed by atoms with Crippen molar-refractivity contribution in [1.82, 2.24) is 4.90 Å². The minimum absolute atomic E-state index is 0.0122. The van der Waals surface area contributed by atoms with Crippen LogP contribution in [0.5, 0.6) is 0 Å². The fourth-order valence-corrected chi connectivity index (χ4v) is 2.04. The van der Waals surface area contributed by atoms with Crippen molar-refractivity contribution < 1.29 is 23.9 Å². The van der Waals surface area contributed by atoms with Gasteiger partial charge in [-0.15, -0.1) is 0 Å². The first-order valence-corrected chi connectivity index (χ1v) is 6.61. The number of nitrogens with zero attached hydrogens (tertiary/aromatic N) is 1. The Kier molecular flexibility index (Phi) is 4.90. The van der Waals surface area contributed by atoms with Crippen LogP contribution in [0.4, 0.5) is 0 Å². The standard InChI is InChI=1S/C15H16N2O5/c1-21-13(18)8-10(16)9-22-7-6-17-14(19)11-4-2-3-5-12(11)15(17)20/h2-5,8H,6-7,9,16H2,1H3/b10-8+. The molecule has 0 fully saturated rings. The summed E-state index contributed by atoms with van der Waals surface area (Å²) in [5.41, 5.74) is 6.56. The lowest BCUT2D eigenvalue weighted by molar-refractivity contribution is -0.134. The fraction of sp³-hybridized carbons (Fsp3) is 0.267. The Morgan fingerprint density at radius 1 is 1.23 bits per heavy atom. The second-order valence-corrected chi connectivity index (χ2v) is 4.60. The molecule has 2 N–H and O–H groups in total. The normalized spacial score (nSPS) is 14.2. The van der Waals surface area contributed by atoms with Crippen molar-refractivity contribution in [2.75, 3.05) is 26.9 Å². The quantitative estimate of drug-likeness (QED) is 0.351. The number of benzene rings is 1. The number of methoxy groups -OCH3 is 1. The van der Waals surface area contributed by atoms with Crippen LogP contribution in [0.2, 0.25) is 0 Å². The van der Waals surface area contributed by atoms with E-state index in [1.54, 1.807) is 24.3 Å². The highest BCUT2D eigenvalue weighted by atomic mass is 16.5. The molecule has 0 saturated heterocycles. The van der Waals surface area contributed by atoms with E-state index in [-0.39, 0.29) is 37.3 Å². The zero-order valence-corrected chi connectivity index (χ0v) is 12.1. The molecule has 0 spiro atoms. The Balaban J connectivity index is 1.84. The third-order valence-electron chi connectivity index (χ3n) is 3.11. The second kappa shape index (κ2) is 6.86. The minimum Gasteiger partial charge on any atom is -0.466 e. The van der Waals surface area contributed by atoms with Crippen molar-refractivity contribution in [3.8, 4) is 0 Å². The lowest BCUT2D eigenvalue weighted by atomic mass is 10.1. The third kappa shape index (κ3) is 3.32. The van der Waals surface area contributed by atoms with E-state index in [2.05, 4.69) is 4.74 Å². The molecule has 0 radical (unpaired) electrons. The molecule has 7 nitrogen and oxygen atoms in total. The zero-order chi connectivity index (χ0) is 16.1. The summed E-state index contributed by atoms with van der Waals surface area (Å²) >= 11 is 0. The number of hydrogen-bond acceptors (Lipinski definition) is 6. The maximum absolute atomic E-state index is 12.1. The first-order chi connectivity index (χ1) is 10.5. The summed E-state index contributed by atoms with van der Waals surface area (Å²) in [6.07, 6.45) is 1.11. The van der Waals surface area contributed by atoms with Gasteiger partial charge in [0.15, 0.2) is 0 Å². The molecule has 1 aliphatic rings. The molecular weight excluding hydrogens is 288 g/mol.